The highest BCUT2D eigenvalue weighted by atomic mass is 16.6. The number of aromatic nitrogens is 2. The Labute approximate surface area is 288 Å². The van der Waals surface area contributed by atoms with Crippen LogP contribution in [0.5, 0.6) is 5.75 Å². The van der Waals surface area contributed by atoms with Gasteiger partial charge in [-0.2, -0.15) is 5.10 Å². The zero-order chi connectivity index (χ0) is 35.7. The Bertz CT molecular complexity index is 1830. The maximum Gasteiger partial charge on any atom is 0.408 e. The number of aryl methyl sites for hydroxylation is 2. The summed E-state index contributed by atoms with van der Waals surface area (Å²) in [5, 5.41) is 20.6. The highest BCUT2D eigenvalue weighted by molar-refractivity contribution is 5.98. The molecule has 0 fully saturated rings. The fourth-order valence-electron chi connectivity index (χ4n) is 5.35. The summed E-state index contributed by atoms with van der Waals surface area (Å²) in [7, 11) is 1.80. The molecule has 0 saturated heterocycles. The molecule has 2 atom stereocenters. The molecular weight excluding hydrogens is 618 g/mol. The second kappa shape index (κ2) is 16.0. The monoisotopic (exact) mass is 663 g/mol. The number of hydrogen-bond acceptors (Lipinski definition) is 6. The van der Waals surface area contributed by atoms with Crippen molar-refractivity contribution in [1.82, 2.24) is 20.0 Å². The van der Waals surface area contributed by atoms with Crippen molar-refractivity contribution in [1.29, 1.82) is 0 Å². The Kier molecular flexibility index (Phi) is 11.9. The number of anilines is 1. The summed E-state index contributed by atoms with van der Waals surface area (Å²) in [4.78, 5) is 42.1. The number of rotatable bonds is 10. The zero-order valence-corrected chi connectivity index (χ0v) is 29.2. The van der Waals surface area contributed by atoms with Crippen LogP contribution in [0.1, 0.15) is 75.8 Å². The van der Waals surface area contributed by atoms with E-state index < -0.39 is 29.7 Å². The molecule has 0 radical (unpaired) electrons. The molecule has 0 bridgehead atoms. The maximum absolute atomic E-state index is 14.1. The van der Waals surface area contributed by atoms with Gasteiger partial charge in [0, 0.05) is 36.6 Å². The molecule has 0 saturated carbocycles. The lowest BCUT2D eigenvalue weighted by Gasteiger charge is -2.33. The first kappa shape index (κ1) is 36.3. The van der Waals surface area contributed by atoms with E-state index in [0.717, 1.165) is 11.1 Å². The summed E-state index contributed by atoms with van der Waals surface area (Å²) < 4.78 is 7.12. The Hall–Kier alpha value is -5.56. The molecule has 10 heteroatoms. The minimum atomic E-state index is -1.04. The van der Waals surface area contributed by atoms with E-state index in [-0.39, 0.29) is 11.7 Å². The van der Waals surface area contributed by atoms with Gasteiger partial charge >= 0.3 is 6.09 Å². The molecule has 4 aromatic rings. The zero-order valence-electron chi connectivity index (χ0n) is 29.2. The van der Waals surface area contributed by atoms with Gasteiger partial charge in [0.15, 0.2) is 0 Å². The number of benzene rings is 3. The van der Waals surface area contributed by atoms with Crippen LogP contribution in [0, 0.1) is 18.8 Å². The van der Waals surface area contributed by atoms with Gasteiger partial charge in [-0.1, -0.05) is 67.6 Å². The molecule has 0 aliphatic carbocycles. The van der Waals surface area contributed by atoms with Crippen LogP contribution in [-0.4, -0.2) is 55.9 Å². The summed E-state index contributed by atoms with van der Waals surface area (Å²) in [6.45, 7) is 11.3. The van der Waals surface area contributed by atoms with Gasteiger partial charge in [0.25, 0.3) is 5.91 Å². The van der Waals surface area contributed by atoms with Gasteiger partial charge in [-0.3, -0.25) is 14.3 Å². The number of carbonyl (C=O) groups is 3. The van der Waals surface area contributed by atoms with E-state index in [2.05, 4.69) is 27.6 Å². The lowest BCUT2D eigenvalue weighted by molar-refractivity contribution is -0.140. The Morgan fingerprint density at radius 2 is 1.69 bits per heavy atom. The molecule has 0 aliphatic heterocycles. The van der Waals surface area contributed by atoms with Crippen molar-refractivity contribution in [2.24, 2.45) is 7.05 Å². The first-order valence-corrected chi connectivity index (χ1v) is 16.4. The van der Waals surface area contributed by atoms with E-state index in [1.165, 1.54) is 4.90 Å². The molecule has 1 aromatic heterocycles. The molecule has 10 nitrogen and oxygen atoms in total. The lowest BCUT2D eigenvalue weighted by atomic mass is 10.0. The normalized spacial score (nSPS) is 12.2. The number of phenols is 1. The second-order valence-corrected chi connectivity index (χ2v) is 12.8. The smallest absolute Gasteiger partial charge is 0.408 e. The summed E-state index contributed by atoms with van der Waals surface area (Å²) in [6.07, 6.45) is 2.05. The maximum atomic E-state index is 14.1. The van der Waals surface area contributed by atoms with Crippen LogP contribution in [0.15, 0.2) is 79.0 Å². The van der Waals surface area contributed by atoms with Crippen LogP contribution in [-0.2, 0) is 21.4 Å². The van der Waals surface area contributed by atoms with Crippen LogP contribution in [0.25, 0.3) is 11.3 Å². The number of aromatic hydroxyl groups is 1. The number of alkyl carbamates (subject to hydrolysis) is 1. The topological polar surface area (TPSA) is 126 Å². The van der Waals surface area contributed by atoms with Crippen LogP contribution < -0.4 is 10.6 Å². The van der Waals surface area contributed by atoms with E-state index in [1.54, 1.807) is 93.3 Å². The van der Waals surface area contributed by atoms with Gasteiger partial charge in [-0.15, -0.1) is 0 Å². The Morgan fingerprint density at radius 1 is 1.00 bits per heavy atom. The summed E-state index contributed by atoms with van der Waals surface area (Å²) in [5.41, 5.74) is 3.97. The molecule has 3 N–H and O–H groups in total. The molecule has 0 spiro atoms. The van der Waals surface area contributed by atoms with Crippen LogP contribution >= 0.6 is 0 Å². The molecular formula is C39H45N5O5. The van der Waals surface area contributed by atoms with E-state index in [1.807, 2.05) is 39.0 Å². The minimum Gasteiger partial charge on any atom is -0.507 e. The lowest BCUT2D eigenvalue weighted by Crippen LogP contribution is -2.52. The molecule has 3 aromatic carbocycles. The first-order chi connectivity index (χ1) is 23.3. The second-order valence-electron chi connectivity index (χ2n) is 12.8. The number of hydrogen-bond donors (Lipinski definition) is 3. The third kappa shape index (κ3) is 9.73. The van der Waals surface area contributed by atoms with Crippen molar-refractivity contribution < 1.29 is 24.2 Å². The van der Waals surface area contributed by atoms with Crippen molar-refractivity contribution >= 4 is 23.6 Å². The van der Waals surface area contributed by atoms with E-state index in [9.17, 15) is 19.5 Å². The molecule has 3 amide bonds. The summed E-state index contributed by atoms with van der Waals surface area (Å²) in [6, 6.07) is 19.6. The largest absolute Gasteiger partial charge is 0.507 e. The fourth-order valence-corrected chi connectivity index (χ4v) is 5.35. The highest BCUT2D eigenvalue weighted by Gasteiger charge is 2.35. The van der Waals surface area contributed by atoms with Crippen molar-refractivity contribution in [3.05, 3.63) is 101 Å². The SMILES string of the molecule is CCCN(C(=O)[C@H](NC(=O)OC(C)(C)C)c1ccccc1)C(CC)C(=O)Nc1ccc(C#Cc2cn(C)nc2-c2cc(C)ccc2O)cc1. The van der Waals surface area contributed by atoms with Crippen molar-refractivity contribution in [3.8, 4) is 28.8 Å². The number of phenolic OH excluding ortho intramolecular Hbond substituents is 1. The van der Waals surface area contributed by atoms with E-state index >= 15 is 0 Å². The summed E-state index contributed by atoms with van der Waals surface area (Å²) >= 11 is 0. The molecule has 49 heavy (non-hydrogen) atoms. The standard InChI is InChI=1S/C39H45N5O5/c1-8-23-44(37(47)35(28-13-11-10-12-14-28)41-38(48)49-39(4,5)6)32(9-2)36(46)40-30-20-17-27(18-21-30)16-19-29-25-43(7)42-34(29)31-24-26(3)15-22-33(31)45/h10-15,17-18,20-22,24-25,32,35,45H,8-9,23H2,1-7H3,(H,40,46)(H,41,48)/t32?,35-/m1/s1. The quantitative estimate of drug-likeness (QED) is 0.162. The van der Waals surface area contributed by atoms with Crippen LogP contribution in [0.2, 0.25) is 0 Å². The van der Waals surface area contributed by atoms with Gasteiger partial charge in [0.05, 0.1) is 5.56 Å². The first-order valence-electron chi connectivity index (χ1n) is 16.4. The molecule has 256 valence electrons. The van der Waals surface area contributed by atoms with Gasteiger partial charge in [0.2, 0.25) is 5.91 Å². The third-order valence-electron chi connectivity index (χ3n) is 7.58. The van der Waals surface area contributed by atoms with E-state index in [4.69, 9.17) is 4.74 Å². The number of nitrogens with one attached hydrogen (secondary N) is 2. The number of amides is 3. The number of nitrogens with zero attached hydrogens (tertiary/aromatic N) is 3. The van der Waals surface area contributed by atoms with Crippen LogP contribution in [0.4, 0.5) is 10.5 Å². The van der Waals surface area contributed by atoms with Crippen molar-refractivity contribution in [2.45, 2.75) is 72.1 Å². The van der Waals surface area contributed by atoms with E-state index in [0.29, 0.717) is 47.5 Å². The third-order valence-corrected chi connectivity index (χ3v) is 7.58. The predicted octanol–water partition coefficient (Wildman–Crippen LogP) is 6.72. The average Bonchev–Trinajstić information content (AvgIpc) is 3.43. The summed E-state index contributed by atoms with van der Waals surface area (Å²) in [5.74, 6) is 5.69. The minimum absolute atomic E-state index is 0.131. The molecule has 4 rings (SSSR count). The van der Waals surface area contributed by atoms with Gasteiger partial charge in [0.1, 0.15) is 29.1 Å². The van der Waals surface area contributed by atoms with Gasteiger partial charge in [-0.25, -0.2) is 4.79 Å². The number of carbonyl (C=O) groups excluding carboxylic acids is 3. The average molecular weight is 664 g/mol. The molecule has 1 unspecified atom stereocenters. The van der Waals surface area contributed by atoms with Gasteiger partial charge < -0.3 is 25.4 Å². The predicted molar refractivity (Wildman–Crippen MR) is 191 cm³/mol. The Balaban J connectivity index is 1.52. The molecule has 0 aliphatic rings. The Morgan fingerprint density at radius 3 is 2.33 bits per heavy atom. The fraction of sp³-hybridized carbons (Fsp3) is 0.333. The van der Waals surface area contributed by atoms with Crippen molar-refractivity contribution in [2.75, 3.05) is 11.9 Å². The highest BCUT2D eigenvalue weighted by Crippen LogP contribution is 2.31. The van der Waals surface area contributed by atoms with Crippen molar-refractivity contribution in [3.63, 3.8) is 0 Å². The van der Waals surface area contributed by atoms with Crippen LogP contribution in [0.3, 0.4) is 0 Å². The van der Waals surface area contributed by atoms with Gasteiger partial charge in [-0.05, 0) is 82.5 Å². The number of ether oxygens (including phenoxy) is 1. The molecule has 1 heterocycles.